The quantitative estimate of drug-likeness (QED) is 0.181. The first-order chi connectivity index (χ1) is 24.4. The molecular formula is C38H38Cl2FN5O4S. The highest BCUT2D eigenvalue weighted by Crippen LogP contribution is 2.58. The van der Waals surface area contributed by atoms with Crippen LogP contribution in [0.4, 0.5) is 14.0 Å². The number of halogens is 3. The number of ether oxygens (including phenoxy) is 2. The molecule has 0 radical (unpaired) electrons. The van der Waals surface area contributed by atoms with E-state index in [4.69, 9.17) is 37.7 Å². The SMILES string of the molecule is COC(=O)N1[C@@H](c2cc3c(SC)nc4c(F)c(-c5cccc(Cl)c5Cl)c(CCC#N)cc4c3n2[C@H]2[C@@H]3C[C@H]2N(C(=O)OC(C)(C)C)C3)C[C@@H]2C[C@@H]21. The molecule has 0 N–H and O–H groups in total. The molecule has 9 rings (SSSR count). The lowest BCUT2D eigenvalue weighted by atomic mass is 9.79. The summed E-state index contributed by atoms with van der Waals surface area (Å²) in [5.41, 5.74) is 2.59. The van der Waals surface area contributed by atoms with Crippen LogP contribution in [0.5, 0.6) is 0 Å². The molecule has 2 amide bonds. The van der Waals surface area contributed by atoms with Crippen LogP contribution in [0, 0.1) is 29.0 Å². The molecule has 266 valence electrons. The lowest BCUT2D eigenvalue weighted by Gasteiger charge is -2.40. The van der Waals surface area contributed by atoms with Crippen LogP contribution in [-0.4, -0.2) is 69.1 Å². The topological polar surface area (TPSA) is 101 Å². The van der Waals surface area contributed by atoms with Gasteiger partial charge in [-0.15, -0.1) is 11.8 Å². The van der Waals surface area contributed by atoms with Gasteiger partial charge < -0.3 is 18.9 Å². The number of rotatable bonds is 6. The third-order valence-corrected chi connectivity index (χ3v) is 12.5. The van der Waals surface area contributed by atoms with Crippen molar-refractivity contribution in [2.45, 2.75) is 87.7 Å². The maximum atomic E-state index is 17.3. The van der Waals surface area contributed by atoms with Gasteiger partial charge in [0.15, 0.2) is 5.82 Å². The Morgan fingerprint density at radius 1 is 1.10 bits per heavy atom. The average molecular weight is 751 g/mol. The van der Waals surface area contributed by atoms with E-state index in [1.165, 1.54) is 18.9 Å². The normalized spacial score (nSPS) is 24.8. The van der Waals surface area contributed by atoms with E-state index in [-0.39, 0.29) is 71.2 Å². The summed E-state index contributed by atoms with van der Waals surface area (Å²) < 4.78 is 30.7. The highest BCUT2D eigenvalue weighted by Gasteiger charge is 2.59. The van der Waals surface area contributed by atoms with Crippen LogP contribution in [0.2, 0.25) is 10.0 Å². The zero-order valence-corrected chi connectivity index (χ0v) is 31.3. The maximum absolute atomic E-state index is 17.3. The van der Waals surface area contributed by atoms with Crippen LogP contribution in [0.15, 0.2) is 35.4 Å². The summed E-state index contributed by atoms with van der Waals surface area (Å²) in [4.78, 5) is 35.4. The number of likely N-dealkylation sites (tertiary alicyclic amines) is 1. The Morgan fingerprint density at radius 2 is 1.86 bits per heavy atom. The number of nitrogens with zero attached hydrogens (tertiary/aromatic N) is 5. The monoisotopic (exact) mass is 749 g/mol. The number of pyridine rings is 1. The fourth-order valence-electron chi connectivity index (χ4n) is 8.83. The minimum absolute atomic E-state index is 0.111. The number of carbonyl (C=O) groups excluding carboxylic acids is 2. The zero-order chi connectivity index (χ0) is 36.1. The molecule has 2 saturated carbocycles. The van der Waals surface area contributed by atoms with E-state index >= 15 is 4.39 Å². The molecule has 13 heteroatoms. The fourth-order valence-corrected chi connectivity index (χ4v) is 9.78. The van der Waals surface area contributed by atoms with Crippen LogP contribution >= 0.6 is 35.0 Å². The first-order valence-corrected chi connectivity index (χ1v) is 19.3. The Kier molecular flexibility index (Phi) is 8.39. The van der Waals surface area contributed by atoms with E-state index in [9.17, 15) is 14.9 Å². The maximum Gasteiger partial charge on any atom is 0.410 e. The van der Waals surface area contributed by atoms with Crippen molar-refractivity contribution in [3.8, 4) is 17.2 Å². The number of carbonyl (C=O) groups is 2. The molecule has 2 bridgehead atoms. The molecule has 5 aliphatic rings. The van der Waals surface area contributed by atoms with E-state index in [1.54, 1.807) is 18.2 Å². The van der Waals surface area contributed by atoms with E-state index < -0.39 is 11.4 Å². The molecule has 0 spiro atoms. The van der Waals surface area contributed by atoms with Crippen molar-refractivity contribution in [3.05, 3.63) is 57.5 Å². The van der Waals surface area contributed by atoms with Gasteiger partial charge in [-0.3, -0.25) is 4.90 Å². The lowest BCUT2D eigenvalue weighted by molar-refractivity contribution is 0.0208. The van der Waals surface area contributed by atoms with Crippen molar-refractivity contribution >= 4 is 69.0 Å². The van der Waals surface area contributed by atoms with Crippen molar-refractivity contribution in [3.63, 3.8) is 0 Å². The number of methoxy groups -OCH3 is 1. The van der Waals surface area contributed by atoms with Gasteiger partial charge in [-0.1, -0.05) is 35.3 Å². The highest BCUT2D eigenvalue weighted by molar-refractivity contribution is 7.98. The van der Waals surface area contributed by atoms with Crippen LogP contribution in [0.25, 0.3) is 32.9 Å². The van der Waals surface area contributed by atoms with Crippen LogP contribution in [0.1, 0.15) is 69.8 Å². The minimum Gasteiger partial charge on any atom is -0.453 e. The molecule has 3 aliphatic heterocycles. The van der Waals surface area contributed by atoms with Crippen LogP contribution in [-0.2, 0) is 15.9 Å². The van der Waals surface area contributed by atoms with Gasteiger partial charge in [-0.25, -0.2) is 19.0 Å². The number of thioether (sulfide) groups is 1. The van der Waals surface area contributed by atoms with Gasteiger partial charge in [0, 0.05) is 52.5 Å². The van der Waals surface area contributed by atoms with Crippen molar-refractivity contribution in [1.29, 1.82) is 5.26 Å². The second-order valence-corrected chi connectivity index (χ2v) is 16.7. The molecule has 2 aliphatic carbocycles. The average Bonchev–Trinajstić information content (AvgIpc) is 3.44. The predicted octanol–water partition coefficient (Wildman–Crippen LogP) is 9.56. The third kappa shape index (κ3) is 5.43. The predicted molar refractivity (Wildman–Crippen MR) is 196 cm³/mol. The highest BCUT2D eigenvalue weighted by atomic mass is 35.5. The number of aromatic nitrogens is 2. The molecule has 5 fully saturated rings. The number of hydrogen-bond donors (Lipinski definition) is 0. The Balaban J connectivity index is 1.40. The summed E-state index contributed by atoms with van der Waals surface area (Å²) in [5.74, 6) is -0.0269. The standard InChI is InChI=1S/C38H38Cl2FN5O4S/c1-38(2,3)50-36(47)44-17-20-15-28(44)33(20)46-27(26-14-19-13-25(19)45(26)37(48)49-4)16-23-34(46)22-12-18(8-7-11-42)29(21-9-6-10-24(39)30(21)40)31(41)32(22)43-35(23)51-5/h6,9-10,12,16,19-20,25-26,28,33H,7-8,13-15,17H2,1-5H3/t19-,20+,25-,26+,28+,33-/m0/s1. The molecule has 2 aromatic carbocycles. The molecule has 0 unspecified atom stereocenters. The first-order valence-electron chi connectivity index (χ1n) is 17.3. The van der Waals surface area contributed by atoms with Gasteiger partial charge in [0.2, 0.25) is 0 Å². The number of aryl methyl sites for hydroxylation is 1. The molecule has 6 atom stereocenters. The van der Waals surface area contributed by atoms with Crippen molar-refractivity contribution < 1.29 is 23.5 Å². The van der Waals surface area contributed by atoms with E-state index in [0.29, 0.717) is 39.0 Å². The van der Waals surface area contributed by atoms with Gasteiger partial charge in [0.1, 0.15) is 16.1 Å². The lowest BCUT2D eigenvalue weighted by Crippen LogP contribution is -2.45. The minimum atomic E-state index is -0.646. The number of nitriles is 1. The Labute approximate surface area is 309 Å². The van der Waals surface area contributed by atoms with Crippen molar-refractivity contribution in [2.75, 3.05) is 19.9 Å². The summed E-state index contributed by atoms with van der Waals surface area (Å²) in [6, 6.07) is 11.0. The smallest absolute Gasteiger partial charge is 0.410 e. The van der Waals surface area contributed by atoms with Crippen LogP contribution < -0.4 is 0 Å². The van der Waals surface area contributed by atoms with Gasteiger partial charge in [-0.05, 0) is 82.4 Å². The second-order valence-electron chi connectivity index (χ2n) is 15.1. The number of benzene rings is 2. The Morgan fingerprint density at radius 3 is 2.57 bits per heavy atom. The summed E-state index contributed by atoms with van der Waals surface area (Å²) in [6.07, 6.45) is 4.19. The van der Waals surface area contributed by atoms with Gasteiger partial charge in [0.05, 0.1) is 46.9 Å². The summed E-state index contributed by atoms with van der Waals surface area (Å²) in [6.45, 7) is 6.12. The number of piperidine rings is 1. The van der Waals surface area contributed by atoms with Crippen molar-refractivity contribution in [2.24, 2.45) is 11.8 Å². The van der Waals surface area contributed by atoms with Crippen molar-refractivity contribution in [1.82, 2.24) is 19.4 Å². The summed E-state index contributed by atoms with van der Waals surface area (Å²) >= 11 is 14.5. The molecule has 51 heavy (non-hydrogen) atoms. The Bertz CT molecular complexity index is 2180. The number of fused-ring (bicyclic) bond motifs is 5. The van der Waals surface area contributed by atoms with E-state index in [0.717, 1.165) is 35.9 Å². The summed E-state index contributed by atoms with van der Waals surface area (Å²) in [5, 5.41) is 12.2. The molecular weight excluding hydrogens is 712 g/mol. The third-order valence-electron chi connectivity index (χ3n) is 11.0. The first kappa shape index (κ1) is 34.4. The fraction of sp³-hybridized carbons (Fsp3) is 0.474. The molecule has 4 aromatic rings. The van der Waals surface area contributed by atoms with E-state index in [1.807, 2.05) is 42.9 Å². The molecule has 2 aromatic heterocycles. The van der Waals surface area contributed by atoms with Gasteiger partial charge >= 0.3 is 12.2 Å². The molecule has 3 saturated heterocycles. The second kappa shape index (κ2) is 12.5. The Hall–Kier alpha value is -3.72. The largest absolute Gasteiger partial charge is 0.453 e. The zero-order valence-electron chi connectivity index (χ0n) is 29.0. The van der Waals surface area contributed by atoms with Gasteiger partial charge in [0.25, 0.3) is 0 Å². The molecule has 9 nitrogen and oxygen atoms in total. The van der Waals surface area contributed by atoms with Crippen LogP contribution in [0.3, 0.4) is 0 Å². The number of hydrogen-bond acceptors (Lipinski definition) is 7. The van der Waals surface area contributed by atoms with Gasteiger partial charge in [-0.2, -0.15) is 5.26 Å². The summed E-state index contributed by atoms with van der Waals surface area (Å²) in [7, 11) is 1.41. The van der Waals surface area contributed by atoms with E-state index in [2.05, 4.69) is 16.7 Å². The molecule has 5 heterocycles. The number of amides is 2.